The van der Waals surface area contributed by atoms with Gasteiger partial charge in [-0.1, -0.05) is 193 Å². The van der Waals surface area contributed by atoms with Crippen LogP contribution in [0.2, 0.25) is 0 Å². The smallest absolute Gasteiger partial charge is 0.306 e. The van der Waals surface area contributed by atoms with Gasteiger partial charge in [-0.05, 0) is 38.5 Å². The lowest BCUT2D eigenvalue weighted by Crippen LogP contribution is -2.30. The van der Waals surface area contributed by atoms with Crippen molar-refractivity contribution in [1.82, 2.24) is 0 Å². The van der Waals surface area contributed by atoms with Crippen LogP contribution in [-0.4, -0.2) is 37.2 Å². The average molecular weight is 721 g/mol. The Kier molecular flexibility index (Phi) is 39.4. The lowest BCUT2D eigenvalue weighted by molar-refractivity contribution is -0.167. The Labute approximate surface area is 316 Å². The second-order valence-electron chi connectivity index (χ2n) is 15.0. The Morgan fingerprint density at radius 1 is 0.373 bits per heavy atom. The predicted molar refractivity (Wildman–Crippen MR) is 215 cm³/mol. The molecule has 0 fully saturated rings. The van der Waals surface area contributed by atoms with Gasteiger partial charge >= 0.3 is 17.9 Å². The van der Waals surface area contributed by atoms with Crippen molar-refractivity contribution >= 4 is 17.9 Å². The van der Waals surface area contributed by atoms with Crippen molar-refractivity contribution in [2.75, 3.05) is 13.2 Å². The first-order valence-electron chi connectivity index (χ1n) is 22.2. The molecule has 0 spiro atoms. The fourth-order valence-corrected chi connectivity index (χ4v) is 6.36. The molecule has 0 rings (SSSR count). The molecule has 6 nitrogen and oxygen atoms in total. The topological polar surface area (TPSA) is 78.9 Å². The zero-order valence-electron chi connectivity index (χ0n) is 34.1. The van der Waals surface area contributed by atoms with Gasteiger partial charge in [-0.25, -0.2) is 0 Å². The van der Waals surface area contributed by atoms with Crippen LogP contribution in [0, 0.1) is 0 Å². The molecular weight excluding hydrogens is 636 g/mol. The molecule has 0 saturated carbocycles. The van der Waals surface area contributed by atoms with Gasteiger partial charge < -0.3 is 14.2 Å². The highest BCUT2D eigenvalue weighted by Gasteiger charge is 2.19. The van der Waals surface area contributed by atoms with Crippen LogP contribution in [0.15, 0.2) is 12.2 Å². The number of hydrogen-bond acceptors (Lipinski definition) is 6. The van der Waals surface area contributed by atoms with E-state index in [-0.39, 0.29) is 31.1 Å². The number of unbranched alkanes of at least 4 members (excludes halogenated alkanes) is 27. The molecule has 51 heavy (non-hydrogen) atoms. The molecule has 0 saturated heterocycles. The summed E-state index contributed by atoms with van der Waals surface area (Å²) in [6.07, 6.45) is 41.9. The summed E-state index contributed by atoms with van der Waals surface area (Å²) in [7, 11) is 0. The van der Waals surface area contributed by atoms with Crippen molar-refractivity contribution in [2.45, 2.75) is 245 Å². The normalized spacial score (nSPS) is 12.0. The number of ether oxygens (including phenoxy) is 3. The van der Waals surface area contributed by atoms with Gasteiger partial charge in [0, 0.05) is 19.3 Å². The largest absolute Gasteiger partial charge is 0.462 e. The molecule has 0 heterocycles. The Bertz CT molecular complexity index is 794. The van der Waals surface area contributed by atoms with Crippen LogP contribution in [0.1, 0.15) is 239 Å². The minimum absolute atomic E-state index is 0.0684. The third-order valence-electron chi connectivity index (χ3n) is 9.77. The van der Waals surface area contributed by atoms with Crippen molar-refractivity contribution in [3.63, 3.8) is 0 Å². The molecule has 0 aromatic carbocycles. The van der Waals surface area contributed by atoms with Gasteiger partial charge in [0.05, 0.1) is 0 Å². The molecule has 0 aliphatic carbocycles. The van der Waals surface area contributed by atoms with E-state index in [1.807, 2.05) is 0 Å². The molecule has 300 valence electrons. The lowest BCUT2D eigenvalue weighted by atomic mass is 10.1. The van der Waals surface area contributed by atoms with Crippen LogP contribution in [0.5, 0.6) is 0 Å². The first-order chi connectivity index (χ1) is 25.0. The van der Waals surface area contributed by atoms with E-state index < -0.39 is 6.10 Å². The van der Waals surface area contributed by atoms with Crippen molar-refractivity contribution in [1.29, 1.82) is 0 Å². The predicted octanol–water partition coefficient (Wildman–Crippen LogP) is 13.9. The summed E-state index contributed by atoms with van der Waals surface area (Å²) in [5.41, 5.74) is 0. The summed E-state index contributed by atoms with van der Waals surface area (Å²) in [5.74, 6) is -0.874. The van der Waals surface area contributed by atoms with Crippen LogP contribution < -0.4 is 0 Å². The van der Waals surface area contributed by atoms with Gasteiger partial charge in [0.25, 0.3) is 0 Å². The maximum absolute atomic E-state index is 12.7. The first-order valence-corrected chi connectivity index (χ1v) is 22.2. The van der Waals surface area contributed by atoms with Crippen molar-refractivity contribution in [2.24, 2.45) is 0 Å². The van der Waals surface area contributed by atoms with Gasteiger partial charge in [-0.3, -0.25) is 14.4 Å². The van der Waals surface area contributed by atoms with Gasteiger partial charge in [0.2, 0.25) is 0 Å². The summed E-state index contributed by atoms with van der Waals surface area (Å²) in [4.78, 5) is 37.6. The van der Waals surface area contributed by atoms with E-state index in [1.165, 1.54) is 135 Å². The van der Waals surface area contributed by atoms with E-state index in [9.17, 15) is 14.4 Å². The maximum atomic E-state index is 12.7. The van der Waals surface area contributed by atoms with Gasteiger partial charge in [0.1, 0.15) is 13.2 Å². The molecule has 0 bridgehead atoms. The molecule has 1 unspecified atom stereocenters. The van der Waals surface area contributed by atoms with Crippen molar-refractivity contribution < 1.29 is 28.6 Å². The zero-order valence-corrected chi connectivity index (χ0v) is 34.1. The summed E-state index contributed by atoms with van der Waals surface area (Å²) in [5, 5.41) is 0. The van der Waals surface area contributed by atoms with E-state index in [4.69, 9.17) is 14.2 Å². The molecular formula is C45H84O6. The summed E-state index contributed by atoms with van der Waals surface area (Å²) in [6, 6.07) is 0. The van der Waals surface area contributed by atoms with Crippen molar-refractivity contribution in [3.05, 3.63) is 12.2 Å². The zero-order chi connectivity index (χ0) is 37.3. The highest BCUT2D eigenvalue weighted by atomic mass is 16.6. The molecule has 0 aromatic heterocycles. The van der Waals surface area contributed by atoms with E-state index >= 15 is 0 Å². The summed E-state index contributed by atoms with van der Waals surface area (Å²) < 4.78 is 16.7. The minimum atomic E-state index is -0.763. The number of carbonyl (C=O) groups is 3. The Morgan fingerprint density at radius 2 is 0.667 bits per heavy atom. The second-order valence-corrected chi connectivity index (χ2v) is 15.0. The minimum Gasteiger partial charge on any atom is -0.462 e. The fraction of sp³-hybridized carbons (Fsp3) is 0.889. The molecule has 6 heteroatoms. The lowest BCUT2D eigenvalue weighted by Gasteiger charge is -2.18. The Hall–Kier alpha value is -1.85. The molecule has 0 amide bonds. The standard InChI is InChI=1S/C45H84O6/c1-4-7-10-13-16-19-22-25-28-31-34-37-43(46)49-40-42(51-45(48)39-36-33-30-27-24-21-18-15-12-9-6-3)41-50-44(47)38-35-32-29-26-23-20-17-14-11-8-5-2/h13,16,42H,4-12,14-15,17-41H2,1-3H3/b16-13-. The average Bonchev–Trinajstić information content (AvgIpc) is 3.12. The number of allylic oxidation sites excluding steroid dienone is 2. The van der Waals surface area contributed by atoms with E-state index in [0.29, 0.717) is 19.3 Å². The third kappa shape index (κ3) is 39.2. The maximum Gasteiger partial charge on any atom is 0.306 e. The highest BCUT2D eigenvalue weighted by molar-refractivity contribution is 5.71. The molecule has 0 radical (unpaired) electrons. The second kappa shape index (κ2) is 40.9. The van der Waals surface area contributed by atoms with Gasteiger partial charge in [0.15, 0.2) is 6.10 Å². The van der Waals surface area contributed by atoms with Crippen molar-refractivity contribution in [3.8, 4) is 0 Å². The highest BCUT2D eigenvalue weighted by Crippen LogP contribution is 2.15. The molecule has 0 aliphatic rings. The number of hydrogen-bond donors (Lipinski definition) is 0. The van der Waals surface area contributed by atoms with Crippen LogP contribution >= 0.6 is 0 Å². The quantitative estimate of drug-likeness (QED) is 0.0271. The van der Waals surface area contributed by atoms with E-state index in [1.54, 1.807) is 0 Å². The summed E-state index contributed by atoms with van der Waals surface area (Å²) >= 11 is 0. The van der Waals surface area contributed by atoms with Crippen LogP contribution in [-0.2, 0) is 28.6 Å². The number of esters is 3. The van der Waals surface area contributed by atoms with Crippen LogP contribution in [0.4, 0.5) is 0 Å². The molecule has 0 N–H and O–H groups in total. The number of carbonyl (C=O) groups excluding carboxylic acids is 3. The molecule has 0 aromatic rings. The Morgan fingerprint density at radius 3 is 1.04 bits per heavy atom. The Balaban J connectivity index is 4.35. The van der Waals surface area contributed by atoms with E-state index in [0.717, 1.165) is 64.2 Å². The summed E-state index contributed by atoms with van der Waals surface area (Å²) in [6.45, 7) is 6.58. The SMILES string of the molecule is CCCC/C=C\CCCCCCCC(=O)OCC(COC(=O)CCCCCCCCCCCCC)OC(=O)CCCCCCCCCCCCC. The fourth-order valence-electron chi connectivity index (χ4n) is 6.36. The molecule has 1 atom stereocenters. The molecule has 0 aliphatic heterocycles. The third-order valence-corrected chi connectivity index (χ3v) is 9.77. The number of rotatable bonds is 40. The van der Waals surface area contributed by atoms with Crippen LogP contribution in [0.25, 0.3) is 0 Å². The van der Waals surface area contributed by atoms with Gasteiger partial charge in [-0.15, -0.1) is 0 Å². The van der Waals surface area contributed by atoms with E-state index in [2.05, 4.69) is 32.9 Å². The monoisotopic (exact) mass is 721 g/mol. The van der Waals surface area contributed by atoms with Gasteiger partial charge in [-0.2, -0.15) is 0 Å². The first kappa shape index (κ1) is 49.1. The van der Waals surface area contributed by atoms with Crippen LogP contribution in [0.3, 0.4) is 0 Å².